The number of rotatable bonds is 14. The molecule has 40 heavy (non-hydrogen) atoms. The zero-order valence-corrected chi connectivity index (χ0v) is 23.9. The van der Waals surface area contributed by atoms with Crippen LogP contribution in [0.4, 0.5) is 0 Å². The summed E-state index contributed by atoms with van der Waals surface area (Å²) in [7, 11) is 0. The Morgan fingerprint density at radius 3 is 2.30 bits per heavy atom. The van der Waals surface area contributed by atoms with Crippen molar-refractivity contribution in [3.63, 3.8) is 0 Å². The Morgan fingerprint density at radius 2 is 1.70 bits per heavy atom. The normalized spacial score (nSPS) is 17.3. The van der Waals surface area contributed by atoms with E-state index in [9.17, 15) is 19.5 Å². The van der Waals surface area contributed by atoms with Crippen LogP contribution in [0.5, 0.6) is 0 Å². The summed E-state index contributed by atoms with van der Waals surface area (Å²) in [6.07, 6.45) is 8.61. The van der Waals surface area contributed by atoms with Gasteiger partial charge in [-0.25, -0.2) is 5.01 Å². The molecular weight excluding hydrogens is 502 g/mol. The van der Waals surface area contributed by atoms with Crippen LogP contribution < -0.4 is 5.32 Å². The molecule has 4 rings (SSSR count). The Balaban J connectivity index is 1.39. The van der Waals surface area contributed by atoms with Crippen LogP contribution in [0.3, 0.4) is 0 Å². The number of carboxylic acids is 1. The lowest BCUT2D eigenvalue weighted by atomic mass is 9.83. The number of nitrogens with one attached hydrogen (secondary N) is 1. The lowest BCUT2D eigenvalue weighted by Crippen LogP contribution is -2.33. The predicted molar refractivity (Wildman–Crippen MR) is 157 cm³/mol. The highest BCUT2D eigenvalue weighted by Crippen LogP contribution is 2.50. The molecule has 0 spiro atoms. The van der Waals surface area contributed by atoms with Crippen molar-refractivity contribution in [2.75, 3.05) is 6.54 Å². The number of carboxylic acid groups (broad SMARTS) is 1. The van der Waals surface area contributed by atoms with Crippen LogP contribution in [0.2, 0.25) is 0 Å². The number of carbonyl (C=O) groups excluding carboxylic acids is 2. The summed E-state index contributed by atoms with van der Waals surface area (Å²) in [5.74, 6) is -0.536. The van der Waals surface area contributed by atoms with E-state index in [-0.39, 0.29) is 17.7 Å². The van der Waals surface area contributed by atoms with Gasteiger partial charge in [0.2, 0.25) is 11.8 Å². The molecule has 2 aromatic rings. The van der Waals surface area contributed by atoms with Crippen molar-refractivity contribution in [3.05, 3.63) is 71.3 Å². The lowest BCUT2D eigenvalue weighted by Gasteiger charge is -2.24. The topological polar surface area (TPSA) is 99.1 Å². The van der Waals surface area contributed by atoms with Gasteiger partial charge in [0.05, 0.1) is 23.6 Å². The molecule has 0 radical (unpaired) electrons. The highest BCUT2D eigenvalue weighted by molar-refractivity contribution is 5.99. The minimum Gasteiger partial charge on any atom is -0.481 e. The summed E-state index contributed by atoms with van der Waals surface area (Å²) < 4.78 is 0. The zero-order chi connectivity index (χ0) is 28.5. The third kappa shape index (κ3) is 7.58. The molecule has 0 bridgehead atoms. The molecule has 1 unspecified atom stereocenters. The van der Waals surface area contributed by atoms with E-state index in [4.69, 9.17) is 0 Å². The Morgan fingerprint density at radius 1 is 1.02 bits per heavy atom. The fraction of sp³-hybridized carbons (Fsp3) is 0.515. The molecule has 2 saturated carbocycles. The van der Waals surface area contributed by atoms with Gasteiger partial charge in [0, 0.05) is 13.0 Å². The maximum atomic E-state index is 13.4. The summed E-state index contributed by atoms with van der Waals surface area (Å²) >= 11 is 0. The minimum absolute atomic E-state index is 0.0430. The van der Waals surface area contributed by atoms with Crippen molar-refractivity contribution in [3.8, 4) is 0 Å². The molecule has 1 atom stereocenters. The molecule has 214 valence electrons. The number of benzene rings is 2. The van der Waals surface area contributed by atoms with E-state index in [2.05, 4.69) is 10.4 Å². The predicted octanol–water partition coefficient (Wildman–Crippen LogP) is 6.27. The van der Waals surface area contributed by atoms with Gasteiger partial charge in [-0.2, -0.15) is 5.10 Å². The van der Waals surface area contributed by atoms with Crippen molar-refractivity contribution in [2.24, 2.45) is 16.4 Å². The van der Waals surface area contributed by atoms with E-state index in [0.717, 1.165) is 73.8 Å². The first-order chi connectivity index (χ1) is 19.3. The molecule has 2 aromatic carbocycles. The zero-order valence-electron chi connectivity index (χ0n) is 23.9. The standard InChI is InChI=1S/C33H43N3O4/c1-3-29(37)36(35-24(2)26-11-5-4-6-12-26)23-25-15-17-28(18-16-25)30(27-13-7-8-14-27)31(38)34-22-10-9-19-33(20-21-33)32(39)40/h4-6,11-12,15-18,27,30H,3,7-10,13-14,19-23H2,1-2H3,(H,34,38)(H,39,40)/b35-24+. The molecule has 0 saturated heterocycles. The van der Waals surface area contributed by atoms with Gasteiger partial charge in [0.15, 0.2) is 0 Å². The molecule has 2 N–H and O–H groups in total. The summed E-state index contributed by atoms with van der Waals surface area (Å²) in [4.78, 5) is 37.5. The van der Waals surface area contributed by atoms with Gasteiger partial charge in [-0.3, -0.25) is 14.4 Å². The lowest BCUT2D eigenvalue weighted by molar-refractivity contribution is -0.143. The summed E-state index contributed by atoms with van der Waals surface area (Å²) in [5.41, 5.74) is 3.24. The molecular formula is C33H43N3O4. The first kappa shape index (κ1) is 29.5. The Hall–Kier alpha value is -3.48. The Bertz CT molecular complexity index is 1180. The molecule has 2 aliphatic rings. The van der Waals surface area contributed by atoms with E-state index < -0.39 is 11.4 Å². The van der Waals surface area contributed by atoms with Crippen LogP contribution in [0, 0.1) is 11.3 Å². The van der Waals surface area contributed by atoms with Crippen molar-refractivity contribution in [2.45, 2.75) is 90.5 Å². The van der Waals surface area contributed by atoms with Crippen molar-refractivity contribution in [1.82, 2.24) is 10.3 Å². The van der Waals surface area contributed by atoms with Gasteiger partial charge < -0.3 is 10.4 Å². The molecule has 0 aliphatic heterocycles. The fourth-order valence-corrected chi connectivity index (χ4v) is 5.84. The van der Waals surface area contributed by atoms with Gasteiger partial charge in [-0.15, -0.1) is 0 Å². The molecule has 0 heterocycles. The average Bonchev–Trinajstić information content (AvgIpc) is 3.58. The summed E-state index contributed by atoms with van der Waals surface area (Å²) in [6, 6.07) is 17.9. The van der Waals surface area contributed by atoms with E-state index >= 15 is 0 Å². The van der Waals surface area contributed by atoms with E-state index in [1.54, 1.807) is 0 Å². The van der Waals surface area contributed by atoms with Crippen molar-refractivity contribution >= 4 is 23.5 Å². The monoisotopic (exact) mass is 545 g/mol. The third-order valence-corrected chi connectivity index (χ3v) is 8.57. The van der Waals surface area contributed by atoms with Crippen LogP contribution in [-0.4, -0.2) is 40.2 Å². The van der Waals surface area contributed by atoms with E-state index in [1.165, 1.54) is 5.01 Å². The van der Waals surface area contributed by atoms with E-state index in [1.807, 2.05) is 68.4 Å². The molecule has 2 aliphatic carbocycles. The summed E-state index contributed by atoms with van der Waals surface area (Å²) in [5, 5.41) is 18.7. The fourth-order valence-electron chi connectivity index (χ4n) is 5.84. The van der Waals surface area contributed by atoms with Gasteiger partial charge in [-0.1, -0.05) is 80.8 Å². The number of unbranched alkanes of at least 4 members (excludes halogenated alkanes) is 1. The quantitative estimate of drug-likeness (QED) is 0.166. The van der Waals surface area contributed by atoms with Crippen molar-refractivity contribution < 1.29 is 19.5 Å². The summed E-state index contributed by atoms with van der Waals surface area (Å²) in [6.45, 7) is 4.69. The highest BCUT2D eigenvalue weighted by Gasteiger charge is 2.49. The van der Waals surface area contributed by atoms with Crippen LogP contribution >= 0.6 is 0 Å². The number of aliphatic carboxylic acids is 1. The average molecular weight is 546 g/mol. The SMILES string of the molecule is CCC(=O)N(Cc1ccc(C(C(=O)NCCCCC2(C(=O)O)CC2)C2CCCC2)cc1)/N=C(\C)c1ccccc1. The van der Waals surface area contributed by atoms with Crippen LogP contribution in [-0.2, 0) is 20.9 Å². The van der Waals surface area contributed by atoms with Crippen molar-refractivity contribution in [1.29, 1.82) is 0 Å². The first-order valence-electron chi connectivity index (χ1n) is 14.8. The number of hydrogen-bond acceptors (Lipinski definition) is 4. The van der Waals surface area contributed by atoms with Gasteiger partial charge in [0.1, 0.15) is 0 Å². The maximum absolute atomic E-state index is 13.4. The second-order valence-electron chi connectivity index (χ2n) is 11.5. The molecule has 2 amide bonds. The number of nitrogens with zero attached hydrogens (tertiary/aromatic N) is 2. The Kier molecular flexibility index (Phi) is 10.1. The molecule has 7 heteroatoms. The second kappa shape index (κ2) is 13.7. The number of hydrazone groups is 1. The van der Waals surface area contributed by atoms with E-state index in [0.29, 0.717) is 31.8 Å². The Labute approximate surface area is 238 Å². The van der Waals surface area contributed by atoms with Gasteiger partial charge >= 0.3 is 5.97 Å². The maximum Gasteiger partial charge on any atom is 0.309 e. The molecule has 2 fully saturated rings. The number of carbonyl (C=O) groups is 3. The third-order valence-electron chi connectivity index (χ3n) is 8.57. The number of hydrogen-bond donors (Lipinski definition) is 2. The smallest absolute Gasteiger partial charge is 0.309 e. The van der Waals surface area contributed by atoms with Gasteiger partial charge in [-0.05, 0) is 68.1 Å². The largest absolute Gasteiger partial charge is 0.481 e. The number of amides is 2. The van der Waals surface area contributed by atoms with Crippen LogP contribution in [0.1, 0.15) is 101 Å². The highest BCUT2D eigenvalue weighted by atomic mass is 16.4. The van der Waals surface area contributed by atoms with Crippen LogP contribution in [0.15, 0.2) is 59.7 Å². The van der Waals surface area contributed by atoms with Crippen LogP contribution in [0.25, 0.3) is 0 Å². The molecule has 7 nitrogen and oxygen atoms in total. The second-order valence-corrected chi connectivity index (χ2v) is 11.5. The first-order valence-corrected chi connectivity index (χ1v) is 14.8. The minimum atomic E-state index is -0.679. The molecule has 0 aromatic heterocycles. The van der Waals surface area contributed by atoms with Gasteiger partial charge in [0.25, 0.3) is 0 Å².